The highest BCUT2D eigenvalue weighted by Gasteiger charge is 2.20. The van der Waals surface area contributed by atoms with Crippen molar-refractivity contribution in [2.75, 3.05) is 0 Å². The van der Waals surface area contributed by atoms with Gasteiger partial charge in [-0.2, -0.15) is 0 Å². The number of hydrogen-bond acceptors (Lipinski definition) is 0. The highest BCUT2D eigenvalue weighted by Crippen LogP contribution is 2.34. The zero-order valence-corrected chi connectivity index (χ0v) is 19.9. The fourth-order valence-corrected chi connectivity index (χ4v) is 4.55. The molecule has 0 bridgehead atoms. The summed E-state index contributed by atoms with van der Waals surface area (Å²) in [4.78, 5) is 0. The van der Waals surface area contributed by atoms with Crippen molar-refractivity contribution in [1.82, 2.24) is 0 Å². The topological polar surface area (TPSA) is 0 Å². The lowest BCUT2D eigenvalue weighted by atomic mass is 9.78. The molecular weight excluding hydrogens is 391 g/mol. The summed E-state index contributed by atoms with van der Waals surface area (Å²) < 4.78 is 14.6. The van der Waals surface area contributed by atoms with Gasteiger partial charge in [0.05, 0.1) is 5.56 Å². The summed E-state index contributed by atoms with van der Waals surface area (Å²) >= 11 is 0. The maximum atomic E-state index is 14.6. The first-order chi connectivity index (χ1) is 15.7. The molecule has 168 valence electrons. The van der Waals surface area contributed by atoms with E-state index in [1.54, 1.807) is 6.07 Å². The van der Waals surface area contributed by atoms with Gasteiger partial charge in [-0.25, -0.2) is 4.39 Å². The van der Waals surface area contributed by atoms with Gasteiger partial charge < -0.3 is 0 Å². The van der Waals surface area contributed by atoms with Crippen molar-refractivity contribution in [3.8, 4) is 23.7 Å². The molecule has 1 aliphatic rings. The first kappa shape index (κ1) is 24.1. The van der Waals surface area contributed by atoms with Gasteiger partial charge in [-0.3, -0.25) is 0 Å². The van der Waals surface area contributed by atoms with E-state index in [4.69, 9.17) is 0 Å². The summed E-state index contributed by atoms with van der Waals surface area (Å²) in [7, 11) is 0. The molecule has 0 heterocycles. The minimum Gasteiger partial charge on any atom is -0.206 e. The molecule has 0 amide bonds. The van der Waals surface area contributed by atoms with Crippen molar-refractivity contribution in [2.24, 2.45) is 11.8 Å². The van der Waals surface area contributed by atoms with Crippen molar-refractivity contribution in [1.29, 1.82) is 0 Å². The van der Waals surface area contributed by atoms with Crippen molar-refractivity contribution in [2.45, 2.75) is 84.5 Å². The molecule has 2 aromatic carbocycles. The van der Waals surface area contributed by atoms with E-state index in [2.05, 4.69) is 37.5 Å². The predicted octanol–water partition coefficient (Wildman–Crippen LogP) is 8.31. The third-order valence-corrected chi connectivity index (χ3v) is 6.64. The fraction of sp³-hybridized carbons (Fsp3) is 0.484. The molecule has 0 N–H and O–H groups in total. The predicted molar refractivity (Wildman–Crippen MR) is 134 cm³/mol. The highest BCUT2D eigenvalue weighted by atomic mass is 19.1. The van der Waals surface area contributed by atoms with E-state index in [1.807, 2.05) is 36.4 Å². The molecule has 1 aliphatic carbocycles. The first-order valence-corrected chi connectivity index (χ1v) is 12.6. The van der Waals surface area contributed by atoms with Crippen LogP contribution in [0.3, 0.4) is 0 Å². The van der Waals surface area contributed by atoms with Gasteiger partial charge in [-0.1, -0.05) is 88.5 Å². The Bertz CT molecular complexity index is 953. The molecule has 32 heavy (non-hydrogen) atoms. The third kappa shape index (κ3) is 7.88. The maximum absolute atomic E-state index is 14.6. The fourth-order valence-electron chi connectivity index (χ4n) is 4.55. The zero-order chi connectivity index (χ0) is 22.6. The van der Waals surface area contributed by atoms with Crippen molar-refractivity contribution >= 4 is 0 Å². The average Bonchev–Trinajstić information content (AvgIpc) is 2.82. The second-order valence-corrected chi connectivity index (χ2v) is 9.26. The normalized spacial score (nSPS) is 17.7. The summed E-state index contributed by atoms with van der Waals surface area (Å²) in [5, 5.41) is 0. The second-order valence-electron chi connectivity index (χ2n) is 9.26. The largest absolute Gasteiger partial charge is 0.206 e. The SMILES string of the molecule is CCCC#Cc1ccc(C#Cc2ccc(CCC3CCC(CCCC)CC3)cc2F)cc1. The second kappa shape index (κ2) is 13.1. The lowest BCUT2D eigenvalue weighted by Gasteiger charge is -2.28. The van der Waals surface area contributed by atoms with Gasteiger partial charge in [-0.15, -0.1) is 0 Å². The Morgan fingerprint density at radius 3 is 2.06 bits per heavy atom. The molecule has 0 atom stereocenters. The molecule has 1 fully saturated rings. The van der Waals surface area contributed by atoms with Crippen LogP contribution in [-0.2, 0) is 6.42 Å². The number of hydrogen-bond donors (Lipinski definition) is 0. The van der Waals surface area contributed by atoms with Gasteiger partial charge in [0, 0.05) is 17.5 Å². The van der Waals surface area contributed by atoms with Crippen LogP contribution in [0.5, 0.6) is 0 Å². The van der Waals surface area contributed by atoms with E-state index in [0.717, 1.165) is 47.8 Å². The molecule has 0 spiro atoms. The Labute approximate surface area is 195 Å². The van der Waals surface area contributed by atoms with Gasteiger partial charge in [0.1, 0.15) is 5.82 Å². The van der Waals surface area contributed by atoms with E-state index in [9.17, 15) is 4.39 Å². The molecule has 3 rings (SSSR count). The van der Waals surface area contributed by atoms with E-state index in [0.29, 0.717) is 5.56 Å². The lowest BCUT2D eigenvalue weighted by molar-refractivity contribution is 0.250. The average molecular weight is 429 g/mol. The highest BCUT2D eigenvalue weighted by molar-refractivity contribution is 5.46. The minimum atomic E-state index is -0.208. The molecule has 0 saturated heterocycles. The zero-order valence-electron chi connectivity index (χ0n) is 19.9. The van der Waals surface area contributed by atoms with E-state index in [-0.39, 0.29) is 5.82 Å². The third-order valence-electron chi connectivity index (χ3n) is 6.64. The van der Waals surface area contributed by atoms with Crippen LogP contribution in [0.2, 0.25) is 0 Å². The molecule has 2 aromatic rings. The van der Waals surface area contributed by atoms with Crippen LogP contribution >= 0.6 is 0 Å². The Morgan fingerprint density at radius 2 is 1.44 bits per heavy atom. The minimum absolute atomic E-state index is 0.208. The molecule has 1 heteroatoms. The van der Waals surface area contributed by atoms with Crippen molar-refractivity contribution in [3.63, 3.8) is 0 Å². The molecule has 0 aromatic heterocycles. The summed E-state index contributed by atoms with van der Waals surface area (Å²) in [5.74, 6) is 13.9. The van der Waals surface area contributed by atoms with Gasteiger partial charge in [0.15, 0.2) is 0 Å². The lowest BCUT2D eigenvalue weighted by Crippen LogP contribution is -2.15. The molecule has 0 unspecified atom stereocenters. The summed E-state index contributed by atoms with van der Waals surface area (Å²) in [6.07, 6.45) is 13.7. The number of benzene rings is 2. The maximum Gasteiger partial charge on any atom is 0.139 e. The van der Waals surface area contributed by atoms with Gasteiger partial charge in [0.25, 0.3) is 0 Å². The molecular formula is C31H37F. The Balaban J connectivity index is 1.50. The van der Waals surface area contributed by atoms with E-state index < -0.39 is 0 Å². The van der Waals surface area contributed by atoms with Crippen LogP contribution in [0, 0.1) is 41.3 Å². The van der Waals surface area contributed by atoms with E-state index >= 15 is 0 Å². The van der Waals surface area contributed by atoms with Crippen molar-refractivity contribution < 1.29 is 4.39 Å². The molecule has 0 nitrogen and oxygen atoms in total. The van der Waals surface area contributed by atoms with Gasteiger partial charge >= 0.3 is 0 Å². The Hall–Kier alpha value is -2.51. The Kier molecular flexibility index (Phi) is 9.91. The van der Waals surface area contributed by atoms with Crippen LogP contribution < -0.4 is 0 Å². The summed E-state index contributed by atoms with van der Waals surface area (Å²) in [6.45, 7) is 4.41. The van der Waals surface area contributed by atoms with Gasteiger partial charge in [0.2, 0.25) is 0 Å². The van der Waals surface area contributed by atoms with Crippen molar-refractivity contribution in [3.05, 3.63) is 70.5 Å². The monoisotopic (exact) mass is 428 g/mol. The number of unbranched alkanes of at least 4 members (excludes halogenated alkanes) is 2. The summed E-state index contributed by atoms with van der Waals surface area (Å²) in [6, 6.07) is 13.4. The quantitative estimate of drug-likeness (QED) is 0.389. The van der Waals surface area contributed by atoms with Crippen LogP contribution in [0.1, 0.15) is 100 Å². The molecule has 0 radical (unpaired) electrons. The molecule has 1 saturated carbocycles. The Morgan fingerprint density at radius 1 is 0.781 bits per heavy atom. The number of aryl methyl sites for hydroxylation is 1. The first-order valence-electron chi connectivity index (χ1n) is 12.6. The van der Waals surface area contributed by atoms with Crippen LogP contribution in [0.15, 0.2) is 42.5 Å². The standard InChI is InChI=1S/C31H37F/c1-3-5-7-9-26-12-16-28(17-13-26)20-22-30-23-21-29(24-31(30)32)19-18-27-14-10-25(11-15-27)8-6-4-2/h12-13,16-17,21,23-25,27H,3-6,8,10-11,14-15,18-19H2,1-2H3. The van der Waals surface area contributed by atoms with Crippen LogP contribution in [0.25, 0.3) is 0 Å². The van der Waals surface area contributed by atoms with Crippen LogP contribution in [-0.4, -0.2) is 0 Å². The molecule has 0 aliphatic heterocycles. The number of rotatable bonds is 7. The van der Waals surface area contributed by atoms with Gasteiger partial charge in [-0.05, 0) is 73.1 Å². The van der Waals surface area contributed by atoms with E-state index in [1.165, 1.54) is 51.4 Å². The number of halogens is 1. The summed E-state index contributed by atoms with van der Waals surface area (Å²) in [5.41, 5.74) is 3.44. The van der Waals surface area contributed by atoms with Crippen LogP contribution in [0.4, 0.5) is 4.39 Å². The smallest absolute Gasteiger partial charge is 0.139 e.